The van der Waals surface area contributed by atoms with E-state index >= 15 is 0 Å². The first-order valence-electron chi connectivity index (χ1n) is 3.29. The molecule has 0 spiro atoms. The molecule has 0 aromatic rings. The van der Waals surface area contributed by atoms with Crippen molar-refractivity contribution in [2.75, 3.05) is 13.5 Å². The van der Waals surface area contributed by atoms with E-state index < -0.39 is 19.4 Å². The topological polar surface area (TPSA) is 63.6 Å². The minimum absolute atomic E-state index is 0.0279. The van der Waals surface area contributed by atoms with Gasteiger partial charge in [0, 0.05) is 13.5 Å². The summed E-state index contributed by atoms with van der Waals surface area (Å²) in [7, 11) is -0.351. The van der Waals surface area contributed by atoms with Crippen molar-refractivity contribution in [1.82, 2.24) is 0 Å². The van der Waals surface area contributed by atoms with Crippen LogP contribution in [-0.2, 0) is 14.1 Å². The van der Waals surface area contributed by atoms with E-state index in [0.29, 0.717) is 6.42 Å². The van der Waals surface area contributed by atoms with Crippen LogP contribution in [0.15, 0.2) is 0 Å². The second-order valence-electron chi connectivity index (χ2n) is 2.10. The fourth-order valence-electron chi connectivity index (χ4n) is 0.719. The van der Waals surface area contributed by atoms with Gasteiger partial charge < -0.3 is 9.84 Å². The molecule has 0 aromatic heterocycles. The maximum absolute atomic E-state index is 11.1. The van der Waals surface area contributed by atoms with E-state index in [1.807, 2.05) is 0 Å². The molecule has 0 aliphatic rings. The molecule has 11 heavy (non-hydrogen) atoms. The van der Waals surface area contributed by atoms with Crippen molar-refractivity contribution in [2.24, 2.45) is 0 Å². The highest BCUT2D eigenvalue weighted by Gasteiger charge is 2.35. The monoisotopic (exact) mass is 179 g/mol. The molecule has 1 N–H and O–H groups in total. The molecule has 2 atom stereocenters. The predicted octanol–water partition coefficient (Wildman–Crippen LogP) is 1.28. The van der Waals surface area contributed by atoms with Gasteiger partial charge in [0.2, 0.25) is 6.35 Å². The largest absolute Gasteiger partial charge is 0.478 e. The molecular formula is C6H12O4P+. The summed E-state index contributed by atoms with van der Waals surface area (Å²) < 4.78 is 15.6. The number of methoxy groups -OCH3 is 1. The summed E-state index contributed by atoms with van der Waals surface area (Å²) in [5.74, 6) is -1.01. The van der Waals surface area contributed by atoms with Crippen LogP contribution in [0.2, 0.25) is 0 Å². The van der Waals surface area contributed by atoms with Gasteiger partial charge in [-0.05, 0) is 0 Å². The molecule has 4 nitrogen and oxygen atoms in total. The lowest BCUT2D eigenvalue weighted by molar-refractivity contribution is -0.136. The van der Waals surface area contributed by atoms with Crippen LogP contribution in [0, 0.1) is 0 Å². The van der Waals surface area contributed by atoms with Crippen LogP contribution in [0.25, 0.3) is 0 Å². The molecule has 0 rings (SSSR count). The Morgan fingerprint density at radius 3 is 2.55 bits per heavy atom. The Bertz CT molecular complexity index is 157. The average molecular weight is 179 g/mol. The third-order valence-corrected chi connectivity index (χ3v) is 3.07. The first kappa shape index (κ1) is 10.5. The molecule has 0 radical (unpaired) electrons. The molecule has 0 aliphatic carbocycles. The van der Waals surface area contributed by atoms with Crippen molar-refractivity contribution in [2.45, 2.75) is 19.0 Å². The third kappa shape index (κ3) is 3.44. The van der Waals surface area contributed by atoms with Gasteiger partial charge in [0.1, 0.15) is 0 Å². The molecule has 0 saturated heterocycles. The first-order chi connectivity index (χ1) is 5.13. The summed E-state index contributed by atoms with van der Waals surface area (Å²) in [5, 5.41) is 8.53. The summed E-state index contributed by atoms with van der Waals surface area (Å²) >= 11 is 0. The molecule has 64 valence electrons. The molecule has 2 unspecified atom stereocenters. The lowest BCUT2D eigenvalue weighted by Gasteiger charge is -1.95. The number of hydrogen-bond donors (Lipinski definition) is 1. The summed E-state index contributed by atoms with van der Waals surface area (Å²) in [6, 6.07) is 0. The van der Waals surface area contributed by atoms with Gasteiger partial charge in [-0.2, -0.15) is 0 Å². The lowest BCUT2D eigenvalue weighted by Crippen LogP contribution is -2.15. The van der Waals surface area contributed by atoms with E-state index in [-0.39, 0.29) is 6.35 Å². The predicted molar refractivity (Wildman–Crippen MR) is 41.2 cm³/mol. The van der Waals surface area contributed by atoms with Crippen molar-refractivity contribution in [1.29, 1.82) is 0 Å². The summed E-state index contributed by atoms with van der Waals surface area (Å²) in [6.45, 7) is 1.70. The van der Waals surface area contributed by atoms with Gasteiger partial charge >= 0.3 is 13.8 Å². The third-order valence-electron chi connectivity index (χ3n) is 1.28. The van der Waals surface area contributed by atoms with E-state index in [1.165, 1.54) is 7.11 Å². The Hall–Kier alpha value is -0.470. The van der Waals surface area contributed by atoms with Gasteiger partial charge in [0.25, 0.3) is 5.66 Å². The number of carboxylic acids is 1. The Morgan fingerprint density at radius 2 is 2.27 bits per heavy atom. The van der Waals surface area contributed by atoms with Gasteiger partial charge in [0.15, 0.2) is 0 Å². The van der Waals surface area contributed by atoms with Gasteiger partial charge in [0.05, 0.1) is 0 Å². The Labute approximate surface area is 66.3 Å². The molecule has 0 amide bonds. The van der Waals surface area contributed by atoms with Gasteiger partial charge in [-0.15, -0.1) is 0 Å². The Kier molecular flexibility index (Phi) is 4.99. The molecule has 0 saturated carbocycles. The normalized spacial score (nSPS) is 14.2. The highest BCUT2D eigenvalue weighted by Crippen LogP contribution is 2.29. The smallest absolute Gasteiger partial charge is 0.381 e. The zero-order valence-corrected chi connectivity index (χ0v) is 7.51. The van der Waals surface area contributed by atoms with Crippen LogP contribution < -0.4 is 0 Å². The molecule has 0 aliphatic heterocycles. The SMILES string of the molecule is CCC(C(=O)O)[P+](=O)COC. The Morgan fingerprint density at radius 1 is 1.73 bits per heavy atom. The summed E-state index contributed by atoms with van der Waals surface area (Å²) in [6.07, 6.45) is 0.411. The van der Waals surface area contributed by atoms with Crippen LogP contribution in [0.4, 0.5) is 0 Å². The number of carbonyl (C=O) groups is 1. The quantitative estimate of drug-likeness (QED) is 0.645. The molecular weight excluding hydrogens is 167 g/mol. The van der Waals surface area contributed by atoms with E-state index in [1.54, 1.807) is 6.92 Å². The maximum atomic E-state index is 11.1. The van der Waals surface area contributed by atoms with Gasteiger partial charge in [-0.1, -0.05) is 11.5 Å². The van der Waals surface area contributed by atoms with Gasteiger partial charge in [-0.25, -0.2) is 4.79 Å². The zero-order chi connectivity index (χ0) is 8.85. The fraction of sp³-hybridized carbons (Fsp3) is 0.833. The maximum Gasteiger partial charge on any atom is 0.381 e. The van der Waals surface area contributed by atoms with Crippen molar-refractivity contribution in [3.63, 3.8) is 0 Å². The van der Waals surface area contributed by atoms with Crippen molar-refractivity contribution < 1.29 is 19.2 Å². The lowest BCUT2D eigenvalue weighted by atomic mass is 10.3. The number of carboxylic acid groups (broad SMARTS) is 1. The minimum atomic E-state index is -1.76. The first-order valence-corrected chi connectivity index (χ1v) is 4.80. The highest BCUT2D eigenvalue weighted by atomic mass is 31.1. The fourth-order valence-corrected chi connectivity index (χ4v) is 1.81. The summed E-state index contributed by atoms with van der Waals surface area (Å²) in [5.41, 5.74) is -0.759. The molecule has 0 aromatic carbocycles. The van der Waals surface area contributed by atoms with E-state index in [0.717, 1.165) is 0 Å². The van der Waals surface area contributed by atoms with Crippen LogP contribution in [0.3, 0.4) is 0 Å². The van der Waals surface area contributed by atoms with E-state index in [4.69, 9.17) is 5.11 Å². The standard InChI is InChI=1S/C6H11O4P/c1-3-5(6(7)8)11(9)4-10-2/h5H,3-4H2,1-2H3/p+1. The second-order valence-corrected chi connectivity index (χ2v) is 3.81. The summed E-state index contributed by atoms with van der Waals surface area (Å²) in [4.78, 5) is 10.4. The number of ether oxygens (including phenoxy) is 1. The zero-order valence-electron chi connectivity index (χ0n) is 6.61. The number of rotatable bonds is 5. The van der Waals surface area contributed by atoms with E-state index in [2.05, 4.69) is 4.74 Å². The van der Waals surface area contributed by atoms with Crippen LogP contribution in [-0.4, -0.2) is 30.2 Å². The van der Waals surface area contributed by atoms with Crippen molar-refractivity contribution >= 4 is 13.8 Å². The molecule has 0 bridgehead atoms. The van der Waals surface area contributed by atoms with Crippen LogP contribution in [0.1, 0.15) is 13.3 Å². The highest BCUT2D eigenvalue weighted by molar-refractivity contribution is 7.46. The number of aliphatic carboxylic acids is 1. The Balaban J connectivity index is 4.03. The second kappa shape index (κ2) is 5.22. The minimum Gasteiger partial charge on any atom is -0.478 e. The van der Waals surface area contributed by atoms with Crippen LogP contribution in [0.5, 0.6) is 0 Å². The average Bonchev–Trinajstić information content (AvgIpc) is 1.88. The van der Waals surface area contributed by atoms with Gasteiger partial charge in [-0.3, -0.25) is 0 Å². The molecule has 5 heteroatoms. The molecule has 0 fully saturated rings. The van der Waals surface area contributed by atoms with Crippen molar-refractivity contribution in [3.05, 3.63) is 0 Å². The number of hydrogen-bond acceptors (Lipinski definition) is 3. The van der Waals surface area contributed by atoms with Crippen molar-refractivity contribution in [3.8, 4) is 0 Å². The molecule has 0 heterocycles. The van der Waals surface area contributed by atoms with Crippen LogP contribution >= 0.6 is 7.80 Å². The van der Waals surface area contributed by atoms with E-state index in [9.17, 15) is 9.36 Å².